The van der Waals surface area contributed by atoms with Crippen molar-refractivity contribution in [2.75, 3.05) is 0 Å². The highest BCUT2D eigenvalue weighted by Crippen LogP contribution is 2.24. The molecule has 3 heteroatoms. The molecule has 0 radical (unpaired) electrons. The van der Waals surface area contributed by atoms with Crippen molar-refractivity contribution in [1.82, 2.24) is 10.2 Å². The molecular weight excluding hydrogens is 164 g/mol. The molecule has 1 heterocycles. The summed E-state index contributed by atoms with van der Waals surface area (Å²) in [4.78, 5) is 11.5. The second-order valence-electron chi connectivity index (χ2n) is 4.19. The van der Waals surface area contributed by atoms with Gasteiger partial charge in [-0.25, -0.2) is 0 Å². The van der Waals surface area contributed by atoms with Crippen LogP contribution in [-0.4, -0.2) is 16.0 Å². The summed E-state index contributed by atoms with van der Waals surface area (Å²) in [7, 11) is 0. The third-order valence-corrected chi connectivity index (χ3v) is 2.05. The van der Waals surface area contributed by atoms with Crippen molar-refractivity contribution in [1.29, 1.82) is 0 Å². The summed E-state index contributed by atoms with van der Waals surface area (Å²) in [6.07, 6.45) is 2.26. The van der Waals surface area contributed by atoms with E-state index >= 15 is 0 Å². The summed E-state index contributed by atoms with van der Waals surface area (Å²) in [6, 6.07) is 0. The molecule has 0 saturated carbocycles. The maximum absolute atomic E-state index is 11.5. The van der Waals surface area contributed by atoms with Gasteiger partial charge in [-0.2, -0.15) is 5.10 Å². The van der Waals surface area contributed by atoms with E-state index in [-0.39, 0.29) is 11.2 Å². The third-order valence-electron chi connectivity index (χ3n) is 2.05. The first-order valence-corrected chi connectivity index (χ1v) is 4.54. The predicted octanol–water partition coefficient (Wildman–Crippen LogP) is 2.30. The van der Waals surface area contributed by atoms with Crippen molar-refractivity contribution in [2.24, 2.45) is 0 Å². The molecule has 0 spiro atoms. The lowest BCUT2D eigenvalue weighted by molar-refractivity contribution is 0.0981. The van der Waals surface area contributed by atoms with Gasteiger partial charge >= 0.3 is 0 Å². The van der Waals surface area contributed by atoms with Crippen LogP contribution in [0.15, 0.2) is 6.20 Å². The minimum absolute atomic E-state index is 0.0207. The van der Waals surface area contributed by atoms with Gasteiger partial charge in [-0.3, -0.25) is 9.89 Å². The van der Waals surface area contributed by atoms with Crippen molar-refractivity contribution in [3.05, 3.63) is 17.5 Å². The van der Waals surface area contributed by atoms with Gasteiger partial charge in [0, 0.05) is 12.0 Å². The summed E-state index contributed by atoms with van der Waals surface area (Å²) in [5.74, 6) is 0.127. The lowest BCUT2D eigenvalue weighted by atomic mass is 9.86. The second kappa shape index (κ2) is 3.32. The maximum Gasteiger partial charge on any atom is 0.180 e. The van der Waals surface area contributed by atoms with Crippen molar-refractivity contribution in [3.8, 4) is 0 Å². The van der Waals surface area contributed by atoms with E-state index in [1.54, 1.807) is 6.20 Å². The normalized spacial score (nSPS) is 11.7. The molecule has 72 valence electrons. The van der Waals surface area contributed by atoms with Gasteiger partial charge in [0.25, 0.3) is 0 Å². The number of H-pyrrole nitrogens is 1. The summed E-state index contributed by atoms with van der Waals surface area (Å²) >= 11 is 0. The van der Waals surface area contributed by atoms with Crippen molar-refractivity contribution in [2.45, 2.75) is 39.5 Å². The average molecular weight is 180 g/mol. The highest BCUT2D eigenvalue weighted by atomic mass is 16.1. The van der Waals surface area contributed by atoms with Gasteiger partial charge in [0.05, 0.1) is 6.20 Å². The molecule has 0 atom stereocenters. The van der Waals surface area contributed by atoms with Crippen LogP contribution in [0, 0.1) is 0 Å². The van der Waals surface area contributed by atoms with Crippen LogP contribution in [0.3, 0.4) is 0 Å². The van der Waals surface area contributed by atoms with E-state index in [0.29, 0.717) is 12.1 Å². The van der Waals surface area contributed by atoms with Gasteiger partial charge in [-0.15, -0.1) is 0 Å². The number of aromatic amines is 1. The monoisotopic (exact) mass is 180 g/mol. The topological polar surface area (TPSA) is 45.8 Å². The van der Waals surface area contributed by atoms with Gasteiger partial charge in [-0.1, -0.05) is 27.7 Å². The Morgan fingerprint density at radius 3 is 2.62 bits per heavy atom. The molecule has 0 aliphatic carbocycles. The predicted molar refractivity (Wildman–Crippen MR) is 51.9 cm³/mol. The van der Waals surface area contributed by atoms with E-state index in [0.717, 1.165) is 5.56 Å². The number of hydrogen-bond acceptors (Lipinski definition) is 2. The highest BCUT2D eigenvalue weighted by molar-refractivity contribution is 5.95. The average Bonchev–Trinajstić information content (AvgIpc) is 2.49. The zero-order valence-corrected chi connectivity index (χ0v) is 8.64. The minimum atomic E-state index is -0.0207. The van der Waals surface area contributed by atoms with Gasteiger partial charge in [0.15, 0.2) is 5.78 Å². The van der Waals surface area contributed by atoms with Gasteiger partial charge in [0.1, 0.15) is 5.69 Å². The second-order valence-corrected chi connectivity index (χ2v) is 4.19. The number of nitrogens with zero attached hydrogens (tertiary/aromatic N) is 1. The Morgan fingerprint density at radius 1 is 1.54 bits per heavy atom. The molecule has 0 aromatic carbocycles. The molecule has 0 fully saturated rings. The van der Waals surface area contributed by atoms with Crippen LogP contribution in [0.5, 0.6) is 0 Å². The lowest BCUT2D eigenvalue weighted by Gasteiger charge is -2.17. The standard InChI is InChI=1S/C10H16N2O/c1-5-8(13)9-7(6-11-12-9)10(2,3)4/h6H,5H2,1-4H3,(H,11,12). The fourth-order valence-corrected chi connectivity index (χ4v) is 1.24. The largest absolute Gasteiger partial charge is 0.292 e. The fraction of sp³-hybridized carbons (Fsp3) is 0.600. The molecule has 0 bridgehead atoms. The zero-order chi connectivity index (χ0) is 10.1. The molecule has 0 amide bonds. The Bertz CT molecular complexity index is 307. The van der Waals surface area contributed by atoms with E-state index in [1.165, 1.54) is 0 Å². The van der Waals surface area contributed by atoms with Crippen LogP contribution in [0.1, 0.15) is 50.2 Å². The van der Waals surface area contributed by atoms with Crippen LogP contribution in [0.25, 0.3) is 0 Å². The molecule has 1 aromatic heterocycles. The number of hydrogen-bond donors (Lipinski definition) is 1. The van der Waals surface area contributed by atoms with Crippen LogP contribution in [0.2, 0.25) is 0 Å². The van der Waals surface area contributed by atoms with Crippen LogP contribution < -0.4 is 0 Å². The summed E-state index contributed by atoms with van der Waals surface area (Å²) in [5, 5.41) is 6.68. The molecule has 3 nitrogen and oxygen atoms in total. The summed E-state index contributed by atoms with van der Waals surface area (Å²) < 4.78 is 0. The maximum atomic E-state index is 11.5. The van der Waals surface area contributed by atoms with Crippen LogP contribution in [0.4, 0.5) is 0 Å². The van der Waals surface area contributed by atoms with E-state index < -0.39 is 0 Å². The van der Waals surface area contributed by atoms with E-state index in [2.05, 4.69) is 31.0 Å². The lowest BCUT2D eigenvalue weighted by Crippen LogP contribution is -2.15. The van der Waals surface area contributed by atoms with Gasteiger partial charge in [-0.05, 0) is 5.41 Å². The summed E-state index contributed by atoms with van der Waals surface area (Å²) in [6.45, 7) is 8.08. The molecule has 0 aliphatic heterocycles. The number of ketones is 1. The number of rotatable bonds is 2. The Labute approximate surface area is 78.5 Å². The molecule has 0 saturated heterocycles. The Kier molecular flexibility index (Phi) is 2.55. The Balaban J connectivity index is 3.10. The van der Waals surface area contributed by atoms with E-state index in [4.69, 9.17) is 0 Å². The number of aromatic nitrogens is 2. The highest BCUT2D eigenvalue weighted by Gasteiger charge is 2.22. The molecule has 0 unspecified atom stereocenters. The SMILES string of the molecule is CCC(=O)c1[nH]ncc1C(C)(C)C. The molecular formula is C10H16N2O. The van der Waals surface area contributed by atoms with Gasteiger partial charge in [0.2, 0.25) is 0 Å². The molecule has 1 N–H and O–H groups in total. The molecule has 1 rings (SSSR count). The number of carbonyl (C=O) groups excluding carboxylic acids is 1. The zero-order valence-electron chi connectivity index (χ0n) is 8.64. The first-order chi connectivity index (χ1) is 5.96. The molecule has 13 heavy (non-hydrogen) atoms. The van der Waals surface area contributed by atoms with Crippen LogP contribution in [-0.2, 0) is 5.41 Å². The van der Waals surface area contributed by atoms with Crippen LogP contribution >= 0.6 is 0 Å². The van der Waals surface area contributed by atoms with Crippen molar-refractivity contribution >= 4 is 5.78 Å². The smallest absolute Gasteiger partial charge is 0.180 e. The number of nitrogens with one attached hydrogen (secondary N) is 1. The number of carbonyl (C=O) groups is 1. The minimum Gasteiger partial charge on any atom is -0.292 e. The Hall–Kier alpha value is -1.12. The van der Waals surface area contributed by atoms with E-state index in [1.807, 2.05) is 6.92 Å². The van der Waals surface area contributed by atoms with Gasteiger partial charge < -0.3 is 0 Å². The number of Topliss-reactive ketones (excluding diaryl/α,β-unsaturated/α-hetero) is 1. The fourth-order valence-electron chi connectivity index (χ4n) is 1.24. The molecule has 1 aromatic rings. The molecule has 0 aliphatic rings. The first-order valence-electron chi connectivity index (χ1n) is 4.54. The first kappa shape index (κ1) is 9.96. The van der Waals surface area contributed by atoms with Crippen molar-refractivity contribution in [3.63, 3.8) is 0 Å². The van der Waals surface area contributed by atoms with E-state index in [9.17, 15) is 4.79 Å². The third kappa shape index (κ3) is 1.97. The quantitative estimate of drug-likeness (QED) is 0.710. The van der Waals surface area contributed by atoms with Crippen molar-refractivity contribution < 1.29 is 4.79 Å². The summed E-state index contributed by atoms with van der Waals surface area (Å²) in [5.41, 5.74) is 1.64. The Morgan fingerprint density at radius 2 is 2.15 bits per heavy atom.